The molecule has 2 heterocycles. The van der Waals surface area contributed by atoms with Crippen molar-refractivity contribution in [1.82, 2.24) is 14.7 Å². The van der Waals surface area contributed by atoms with Crippen LogP contribution in [0.3, 0.4) is 0 Å². The number of imide groups is 1. The predicted octanol–water partition coefficient (Wildman–Crippen LogP) is 3.62. The Morgan fingerprint density at radius 3 is 2.54 bits per heavy atom. The highest BCUT2D eigenvalue weighted by Crippen LogP contribution is 2.32. The number of nitrogens with zero attached hydrogens (tertiary/aromatic N) is 5. The lowest BCUT2D eigenvalue weighted by Crippen LogP contribution is -2.44. The molecule has 0 spiro atoms. The molecule has 0 fully saturated rings. The molecule has 0 unspecified atom stereocenters. The first-order chi connectivity index (χ1) is 19.7. The third-order valence-electron chi connectivity index (χ3n) is 6.21. The van der Waals surface area contributed by atoms with Crippen molar-refractivity contribution >= 4 is 29.5 Å². The fourth-order valence-corrected chi connectivity index (χ4v) is 4.19. The molecule has 0 atom stereocenters. The molecule has 0 bridgehead atoms. The molecule has 208 valence electrons. The Balaban J connectivity index is 1.74. The van der Waals surface area contributed by atoms with Crippen molar-refractivity contribution in [3.8, 4) is 23.0 Å². The van der Waals surface area contributed by atoms with Crippen LogP contribution in [0.5, 0.6) is 0 Å². The van der Waals surface area contributed by atoms with Crippen LogP contribution in [0.1, 0.15) is 19.4 Å². The Labute approximate surface area is 234 Å². The number of hydrogen-bond acceptors (Lipinski definition) is 9. The minimum Gasteiger partial charge on any atom is -0.463 e. The van der Waals surface area contributed by atoms with Crippen LogP contribution in [0.25, 0.3) is 23.0 Å². The summed E-state index contributed by atoms with van der Waals surface area (Å²) in [6.07, 6.45) is 3.19. The summed E-state index contributed by atoms with van der Waals surface area (Å²) in [5.74, 6) is -1.83. The topological polar surface area (TPSA) is 158 Å². The molecule has 0 saturated carbocycles. The van der Waals surface area contributed by atoms with Crippen LogP contribution >= 0.6 is 0 Å². The SMILES string of the molecule is CC(=O)OCCOCCN1C(=O)C(C#N)=C(C)/C(=C\c2cn(-c3ccccc3)nc2-c2cccc([N+](=O)[O-])c2)C1=O. The Hall–Kier alpha value is -5.41. The molecular weight excluding hydrogens is 530 g/mol. The maximum absolute atomic E-state index is 13.5. The van der Waals surface area contributed by atoms with Gasteiger partial charge >= 0.3 is 5.97 Å². The molecule has 4 rings (SSSR count). The van der Waals surface area contributed by atoms with Gasteiger partial charge in [-0.05, 0) is 30.7 Å². The van der Waals surface area contributed by atoms with E-state index in [2.05, 4.69) is 5.10 Å². The summed E-state index contributed by atoms with van der Waals surface area (Å²) >= 11 is 0. The van der Waals surface area contributed by atoms with E-state index in [9.17, 15) is 29.8 Å². The Bertz CT molecular complexity index is 1620. The van der Waals surface area contributed by atoms with Crippen molar-refractivity contribution in [3.05, 3.63) is 93.2 Å². The fraction of sp³-hybridized carbons (Fsp3) is 0.207. The quantitative estimate of drug-likeness (QED) is 0.0910. The molecule has 12 nitrogen and oxygen atoms in total. The molecule has 1 aromatic heterocycles. The van der Waals surface area contributed by atoms with Gasteiger partial charge in [-0.15, -0.1) is 0 Å². The lowest BCUT2D eigenvalue weighted by atomic mass is 9.93. The van der Waals surface area contributed by atoms with Gasteiger partial charge in [0.05, 0.1) is 30.4 Å². The maximum Gasteiger partial charge on any atom is 0.302 e. The zero-order valence-corrected chi connectivity index (χ0v) is 22.3. The van der Waals surface area contributed by atoms with E-state index in [0.717, 1.165) is 4.90 Å². The van der Waals surface area contributed by atoms with Gasteiger partial charge in [-0.3, -0.25) is 29.4 Å². The predicted molar refractivity (Wildman–Crippen MR) is 146 cm³/mol. The number of carbonyl (C=O) groups excluding carboxylic acids is 3. The highest BCUT2D eigenvalue weighted by Gasteiger charge is 2.35. The second-order valence-corrected chi connectivity index (χ2v) is 8.90. The number of nitriles is 1. The molecule has 3 aromatic rings. The average Bonchev–Trinajstić information content (AvgIpc) is 3.39. The van der Waals surface area contributed by atoms with Gasteiger partial charge in [0.2, 0.25) is 0 Å². The van der Waals surface area contributed by atoms with Gasteiger partial charge in [0.15, 0.2) is 0 Å². The molecular formula is C29H25N5O7. The van der Waals surface area contributed by atoms with E-state index in [1.807, 2.05) is 36.4 Å². The largest absolute Gasteiger partial charge is 0.463 e. The highest BCUT2D eigenvalue weighted by molar-refractivity contribution is 6.19. The van der Waals surface area contributed by atoms with E-state index in [4.69, 9.17) is 9.47 Å². The molecule has 41 heavy (non-hydrogen) atoms. The van der Waals surface area contributed by atoms with E-state index in [1.165, 1.54) is 32.1 Å². The van der Waals surface area contributed by atoms with Gasteiger partial charge < -0.3 is 9.47 Å². The molecule has 1 aliphatic heterocycles. The van der Waals surface area contributed by atoms with Crippen LogP contribution < -0.4 is 0 Å². The molecule has 0 N–H and O–H groups in total. The second-order valence-electron chi connectivity index (χ2n) is 8.90. The van der Waals surface area contributed by atoms with Gasteiger partial charge in [-0.25, -0.2) is 4.68 Å². The first-order valence-corrected chi connectivity index (χ1v) is 12.5. The summed E-state index contributed by atoms with van der Waals surface area (Å²) in [5, 5.41) is 25.8. The van der Waals surface area contributed by atoms with Gasteiger partial charge in [0.25, 0.3) is 17.5 Å². The maximum atomic E-state index is 13.5. The minimum absolute atomic E-state index is 0.0245. The molecule has 2 aromatic carbocycles. The summed E-state index contributed by atoms with van der Waals surface area (Å²) in [4.78, 5) is 49.2. The number of nitro groups is 1. The van der Waals surface area contributed by atoms with Gasteiger partial charge in [0, 0.05) is 42.0 Å². The van der Waals surface area contributed by atoms with Crippen LogP contribution in [0.4, 0.5) is 5.69 Å². The zero-order valence-electron chi connectivity index (χ0n) is 22.3. The number of nitro benzene ring substituents is 1. The number of amides is 2. The zero-order chi connectivity index (χ0) is 29.5. The van der Waals surface area contributed by atoms with E-state index in [1.54, 1.807) is 23.0 Å². The molecule has 0 aliphatic carbocycles. The third-order valence-corrected chi connectivity index (χ3v) is 6.21. The molecule has 0 saturated heterocycles. The van der Waals surface area contributed by atoms with E-state index < -0.39 is 22.7 Å². The van der Waals surface area contributed by atoms with Crippen LogP contribution in [0, 0.1) is 21.4 Å². The van der Waals surface area contributed by atoms with Gasteiger partial charge in [-0.1, -0.05) is 30.3 Å². The summed E-state index contributed by atoms with van der Waals surface area (Å²) in [6.45, 7) is 2.72. The Morgan fingerprint density at radius 2 is 1.85 bits per heavy atom. The second kappa shape index (κ2) is 12.6. The molecule has 1 aliphatic rings. The van der Waals surface area contributed by atoms with Crippen molar-refractivity contribution in [2.45, 2.75) is 13.8 Å². The first kappa shape index (κ1) is 28.6. The number of benzene rings is 2. The number of non-ortho nitro benzene ring substituents is 1. The number of rotatable bonds is 10. The van der Waals surface area contributed by atoms with Crippen LogP contribution in [0.15, 0.2) is 77.5 Å². The van der Waals surface area contributed by atoms with Crippen molar-refractivity contribution in [1.29, 1.82) is 5.26 Å². The van der Waals surface area contributed by atoms with E-state index in [-0.39, 0.29) is 48.8 Å². The molecule has 0 radical (unpaired) electrons. The van der Waals surface area contributed by atoms with E-state index >= 15 is 0 Å². The number of ether oxygens (including phenoxy) is 2. The van der Waals surface area contributed by atoms with Crippen molar-refractivity contribution in [2.75, 3.05) is 26.4 Å². The normalized spacial score (nSPS) is 14.4. The molecule has 2 amide bonds. The standard InChI is InChI=1S/C29H25N5O7/c1-19-25(28(36)32(29(37)26(19)17-30)11-12-40-13-14-41-20(2)35)16-22-18-33(23-8-4-3-5-9-23)31-27(22)21-7-6-10-24(15-21)34(38)39/h3-10,15-16,18H,11-14H2,1-2H3/b25-16+. The van der Waals surface area contributed by atoms with Crippen molar-refractivity contribution in [2.24, 2.45) is 0 Å². The highest BCUT2D eigenvalue weighted by atomic mass is 16.6. The Kier molecular flexibility index (Phi) is 8.81. The van der Waals surface area contributed by atoms with Gasteiger partial charge in [-0.2, -0.15) is 10.4 Å². The van der Waals surface area contributed by atoms with Crippen LogP contribution in [0.2, 0.25) is 0 Å². The monoisotopic (exact) mass is 555 g/mol. The third kappa shape index (κ3) is 6.43. The lowest BCUT2D eigenvalue weighted by Gasteiger charge is -2.27. The number of carbonyl (C=O) groups is 3. The first-order valence-electron chi connectivity index (χ1n) is 12.5. The number of esters is 1. The smallest absolute Gasteiger partial charge is 0.302 e. The number of hydrogen-bond donors (Lipinski definition) is 0. The van der Waals surface area contributed by atoms with E-state index in [0.29, 0.717) is 22.5 Å². The summed E-state index contributed by atoms with van der Waals surface area (Å²) in [6, 6.07) is 17.0. The number of para-hydroxylation sites is 1. The van der Waals surface area contributed by atoms with Crippen LogP contribution in [-0.4, -0.2) is 63.8 Å². The lowest BCUT2D eigenvalue weighted by molar-refractivity contribution is -0.384. The summed E-state index contributed by atoms with van der Waals surface area (Å²) < 4.78 is 11.8. The summed E-state index contributed by atoms with van der Waals surface area (Å²) in [7, 11) is 0. The van der Waals surface area contributed by atoms with Gasteiger partial charge in [0.1, 0.15) is 23.9 Å². The number of aromatic nitrogens is 2. The average molecular weight is 556 g/mol. The molecule has 12 heteroatoms. The van der Waals surface area contributed by atoms with Crippen LogP contribution in [-0.2, 0) is 23.9 Å². The fourth-order valence-electron chi connectivity index (χ4n) is 4.19. The van der Waals surface area contributed by atoms with Crippen molar-refractivity contribution < 1.29 is 28.8 Å². The van der Waals surface area contributed by atoms with Crippen molar-refractivity contribution in [3.63, 3.8) is 0 Å². The Morgan fingerprint density at radius 1 is 1.10 bits per heavy atom. The summed E-state index contributed by atoms with van der Waals surface area (Å²) in [5.41, 5.74) is 1.95. The minimum atomic E-state index is -0.741.